The van der Waals surface area contributed by atoms with E-state index >= 15 is 0 Å². The van der Waals surface area contributed by atoms with Crippen LogP contribution in [-0.4, -0.2) is 94.9 Å². The summed E-state index contributed by atoms with van der Waals surface area (Å²) in [4.78, 5) is 34.3. The molecule has 2 bridgehead atoms. The number of amides is 2. The minimum Gasteiger partial charge on any atom is -0.489 e. The zero-order valence-electron chi connectivity index (χ0n) is 23.9. The van der Waals surface area contributed by atoms with E-state index in [0.29, 0.717) is 53.6 Å². The van der Waals surface area contributed by atoms with Gasteiger partial charge in [-0.05, 0) is 24.5 Å². The molecule has 3 aromatic heterocycles. The van der Waals surface area contributed by atoms with Gasteiger partial charge >= 0.3 is 0 Å². The number of morpholine rings is 1. The molecule has 0 saturated carbocycles. The summed E-state index contributed by atoms with van der Waals surface area (Å²) in [5, 5.41) is 11.3. The van der Waals surface area contributed by atoms with Gasteiger partial charge in [-0.2, -0.15) is 5.10 Å². The van der Waals surface area contributed by atoms with Crippen molar-refractivity contribution >= 4 is 57.3 Å². The fraction of sp³-hybridized carbons (Fsp3) is 0.517. The number of nitrogens with two attached hydrogens (primary N) is 1. The molecule has 3 saturated heterocycles. The maximum Gasteiger partial charge on any atom is 0.265 e. The topological polar surface area (TPSA) is 139 Å². The van der Waals surface area contributed by atoms with Crippen molar-refractivity contribution in [3.8, 4) is 5.75 Å². The van der Waals surface area contributed by atoms with Gasteiger partial charge in [0.1, 0.15) is 28.6 Å². The molecule has 0 spiro atoms. The van der Waals surface area contributed by atoms with Crippen LogP contribution in [0.3, 0.4) is 0 Å². The molecule has 7 rings (SSSR count). The maximum absolute atomic E-state index is 13.6. The number of fused-ring (bicyclic) bond motifs is 3. The summed E-state index contributed by atoms with van der Waals surface area (Å²) in [5.41, 5.74) is 9.92. The number of hydrogen-bond acceptors (Lipinski definition) is 10. The van der Waals surface area contributed by atoms with E-state index in [1.54, 1.807) is 17.9 Å². The summed E-state index contributed by atoms with van der Waals surface area (Å²) >= 11 is 7.63. The number of aromatic nitrogens is 3. The third-order valence-electron chi connectivity index (χ3n) is 8.73. The molecule has 0 radical (unpaired) electrons. The Balaban J connectivity index is 1.08. The second kappa shape index (κ2) is 11.6. The molecule has 0 aromatic carbocycles. The Bertz CT molecular complexity index is 1580. The first-order chi connectivity index (χ1) is 20.8. The predicted octanol–water partition coefficient (Wildman–Crippen LogP) is 2.57. The third kappa shape index (κ3) is 5.66. The molecule has 12 nitrogen and oxygen atoms in total. The molecule has 228 valence electrons. The largest absolute Gasteiger partial charge is 0.489 e. The van der Waals surface area contributed by atoms with E-state index < -0.39 is 0 Å². The number of carbonyl (C=O) groups excluding carboxylic acids is 2. The van der Waals surface area contributed by atoms with E-state index in [1.807, 2.05) is 4.52 Å². The van der Waals surface area contributed by atoms with Gasteiger partial charge in [-0.15, -0.1) is 11.3 Å². The molecule has 4 aliphatic heterocycles. The summed E-state index contributed by atoms with van der Waals surface area (Å²) in [6.45, 7) is 5.42. The van der Waals surface area contributed by atoms with Crippen LogP contribution in [0.1, 0.15) is 48.0 Å². The third-order valence-corrected chi connectivity index (χ3v) is 9.97. The maximum atomic E-state index is 13.6. The number of thiophene rings is 1. The lowest BCUT2D eigenvalue weighted by Crippen LogP contribution is -2.56. The van der Waals surface area contributed by atoms with Gasteiger partial charge in [0, 0.05) is 70.1 Å². The molecule has 4 aliphatic rings. The molecule has 43 heavy (non-hydrogen) atoms. The van der Waals surface area contributed by atoms with E-state index in [0.717, 1.165) is 54.7 Å². The van der Waals surface area contributed by atoms with Gasteiger partial charge in [0.05, 0.1) is 28.9 Å². The first kappa shape index (κ1) is 28.4. The summed E-state index contributed by atoms with van der Waals surface area (Å²) in [5.74, 6) is 0.781. The second-order valence-electron chi connectivity index (χ2n) is 11.8. The van der Waals surface area contributed by atoms with Crippen molar-refractivity contribution < 1.29 is 19.1 Å². The highest BCUT2D eigenvalue weighted by molar-refractivity contribution is 7.18. The highest BCUT2D eigenvalue weighted by Crippen LogP contribution is 2.37. The lowest BCUT2D eigenvalue weighted by molar-refractivity contribution is -0.127. The van der Waals surface area contributed by atoms with Crippen LogP contribution in [-0.2, 0) is 9.53 Å². The first-order valence-electron chi connectivity index (χ1n) is 14.7. The Hall–Kier alpha value is -3.39. The molecule has 0 aliphatic carbocycles. The molecule has 3 fully saturated rings. The van der Waals surface area contributed by atoms with Crippen LogP contribution in [0.25, 0.3) is 11.1 Å². The van der Waals surface area contributed by atoms with Gasteiger partial charge in [-0.3, -0.25) is 9.59 Å². The lowest BCUT2D eigenvalue weighted by Gasteiger charge is -2.39. The molecule has 2 unspecified atom stereocenters. The Morgan fingerprint density at radius 1 is 1.26 bits per heavy atom. The van der Waals surface area contributed by atoms with Crippen LogP contribution < -0.4 is 26.0 Å². The monoisotopic (exact) mass is 626 g/mol. The smallest absolute Gasteiger partial charge is 0.265 e. The van der Waals surface area contributed by atoms with E-state index in [9.17, 15) is 9.59 Å². The Morgan fingerprint density at radius 3 is 2.84 bits per heavy atom. The van der Waals surface area contributed by atoms with Crippen molar-refractivity contribution in [1.29, 1.82) is 0 Å². The first-order valence-corrected chi connectivity index (χ1v) is 15.9. The minimum absolute atomic E-state index is 0.00467. The quantitative estimate of drug-likeness (QED) is 0.377. The summed E-state index contributed by atoms with van der Waals surface area (Å²) in [7, 11) is 0. The SMILES string of the molecule is CC(=O)N1CC=C(c2cc(N3CCC[C@@H](NC(=O)c4sc(Cl)cc4OC4CC5COCC(C4)N5)C3)c3c(N)ncnn23)C1. The predicted molar refractivity (Wildman–Crippen MR) is 165 cm³/mol. The van der Waals surface area contributed by atoms with Crippen LogP contribution in [0.5, 0.6) is 5.75 Å². The van der Waals surface area contributed by atoms with E-state index in [2.05, 4.69) is 37.8 Å². The zero-order chi connectivity index (χ0) is 29.7. The Kier molecular flexibility index (Phi) is 7.66. The number of carbonyl (C=O) groups is 2. The van der Waals surface area contributed by atoms with Gasteiger partial charge in [0.15, 0.2) is 5.82 Å². The number of rotatable bonds is 6. The summed E-state index contributed by atoms with van der Waals surface area (Å²) < 4.78 is 14.4. The normalized spacial score (nSPS) is 25.6. The Morgan fingerprint density at radius 2 is 2.07 bits per heavy atom. The highest BCUT2D eigenvalue weighted by atomic mass is 35.5. The van der Waals surface area contributed by atoms with E-state index in [1.165, 1.54) is 17.7 Å². The fourth-order valence-corrected chi connectivity index (χ4v) is 7.77. The molecule has 14 heteroatoms. The number of hydrogen-bond donors (Lipinski definition) is 3. The lowest BCUT2D eigenvalue weighted by atomic mass is 9.95. The Labute approximate surface area is 258 Å². The summed E-state index contributed by atoms with van der Waals surface area (Å²) in [6.07, 6.45) is 6.90. The van der Waals surface area contributed by atoms with Crippen LogP contribution in [0.15, 0.2) is 24.5 Å². The van der Waals surface area contributed by atoms with Crippen molar-refractivity contribution in [2.45, 2.75) is 56.8 Å². The standard InChI is InChI=1S/C29H35ClN8O4S/c1-16(39)36-6-4-17(11-36)22-9-23(26-28(31)32-15-33-38(22)26)37-5-2-3-18(12-37)35-29(40)27-24(10-25(30)43-27)42-21-7-19-13-41-14-20(8-21)34-19/h4,9-10,15,18-21,34H,2-3,5-8,11-14H2,1H3,(H,35,40)(H2,31,32,33)/t18-,19?,20?,21?/m1/s1. The molecule has 7 heterocycles. The van der Waals surface area contributed by atoms with Gasteiger partial charge in [0.2, 0.25) is 5.91 Å². The van der Waals surface area contributed by atoms with E-state index in [-0.39, 0.29) is 36.0 Å². The van der Waals surface area contributed by atoms with Gasteiger partial charge in [-0.25, -0.2) is 9.50 Å². The van der Waals surface area contributed by atoms with Crippen LogP contribution in [0.4, 0.5) is 11.5 Å². The average Bonchev–Trinajstić information content (AvgIpc) is 3.70. The van der Waals surface area contributed by atoms with Crippen molar-refractivity contribution in [2.75, 3.05) is 50.0 Å². The van der Waals surface area contributed by atoms with Crippen molar-refractivity contribution in [3.05, 3.63) is 39.4 Å². The molecule has 2 amide bonds. The average molecular weight is 627 g/mol. The molecular weight excluding hydrogens is 592 g/mol. The van der Waals surface area contributed by atoms with Gasteiger partial charge < -0.3 is 35.6 Å². The number of piperidine rings is 2. The van der Waals surface area contributed by atoms with Crippen molar-refractivity contribution in [1.82, 2.24) is 30.1 Å². The number of nitrogens with zero attached hydrogens (tertiary/aromatic N) is 5. The van der Waals surface area contributed by atoms with Gasteiger partial charge in [-0.1, -0.05) is 17.7 Å². The van der Waals surface area contributed by atoms with Crippen molar-refractivity contribution in [2.24, 2.45) is 0 Å². The van der Waals surface area contributed by atoms with Crippen LogP contribution in [0, 0.1) is 0 Å². The number of nitrogen functional groups attached to an aromatic ring is 1. The molecular formula is C29H35ClN8O4S. The summed E-state index contributed by atoms with van der Waals surface area (Å²) in [6, 6.07) is 4.27. The number of nitrogens with one attached hydrogen (secondary N) is 2. The van der Waals surface area contributed by atoms with E-state index in [4.69, 9.17) is 26.8 Å². The highest BCUT2D eigenvalue weighted by Gasteiger charge is 2.34. The van der Waals surface area contributed by atoms with Crippen molar-refractivity contribution in [3.63, 3.8) is 0 Å². The zero-order valence-corrected chi connectivity index (χ0v) is 25.5. The number of halogens is 1. The second-order valence-corrected chi connectivity index (χ2v) is 13.4. The number of anilines is 2. The molecule has 3 atom stereocenters. The molecule has 3 aromatic rings. The van der Waals surface area contributed by atoms with Crippen LogP contribution >= 0.6 is 22.9 Å². The van der Waals surface area contributed by atoms with Crippen LogP contribution in [0.2, 0.25) is 4.34 Å². The number of ether oxygens (including phenoxy) is 2. The fourth-order valence-electron chi connectivity index (χ4n) is 6.72. The minimum atomic E-state index is -0.179. The molecule has 4 N–H and O–H groups in total. The van der Waals surface area contributed by atoms with Gasteiger partial charge in [0.25, 0.3) is 5.91 Å².